The molecule has 11 heteroatoms. The van der Waals surface area contributed by atoms with Gasteiger partial charge in [0.2, 0.25) is 15.9 Å². The van der Waals surface area contributed by atoms with Crippen molar-refractivity contribution in [2.75, 3.05) is 16.7 Å². The van der Waals surface area contributed by atoms with Gasteiger partial charge in [-0.05, 0) is 48.4 Å². The Morgan fingerprint density at radius 1 is 1.22 bits per heavy atom. The molecule has 0 saturated heterocycles. The molecule has 2 aromatic rings. The Hall–Kier alpha value is -2.53. The molecule has 1 amide bonds. The van der Waals surface area contributed by atoms with Crippen molar-refractivity contribution < 1.29 is 26.4 Å². The standard InChI is InChI=1S/C21H24F3N3O3S2/c1-4-11-31-20-16(6-9-18(26-20)21(22,23)24)7-10-19(28)25-13-15-5-8-17(14(2)12-15)27-32(3,29)30/h5-10,12,27H,4,11,13H2,1-3H3,(H,25,28). The SMILES string of the molecule is CCCSc1nc(C(F)(F)F)ccc1C=CC(=O)NCc1ccc(NS(C)(=O)=O)c(C)c1. The van der Waals surface area contributed by atoms with Crippen molar-refractivity contribution in [1.82, 2.24) is 10.3 Å². The number of amides is 1. The lowest BCUT2D eigenvalue weighted by molar-refractivity contribution is -0.141. The average molecular weight is 488 g/mol. The molecule has 1 aromatic carbocycles. The number of pyridine rings is 1. The number of carbonyl (C=O) groups excluding carboxylic acids is 1. The molecule has 0 saturated carbocycles. The van der Waals surface area contributed by atoms with E-state index in [0.717, 1.165) is 24.3 Å². The molecule has 0 fully saturated rings. The fourth-order valence-corrected chi connectivity index (χ4v) is 4.11. The molecule has 0 unspecified atom stereocenters. The van der Waals surface area contributed by atoms with Gasteiger partial charge in [-0.25, -0.2) is 13.4 Å². The van der Waals surface area contributed by atoms with Crippen LogP contribution in [0.15, 0.2) is 41.4 Å². The highest BCUT2D eigenvalue weighted by molar-refractivity contribution is 7.99. The predicted octanol–water partition coefficient (Wildman–Crippen LogP) is 4.61. The van der Waals surface area contributed by atoms with Crippen LogP contribution in [-0.2, 0) is 27.5 Å². The number of sulfonamides is 1. The topological polar surface area (TPSA) is 88.2 Å². The van der Waals surface area contributed by atoms with Gasteiger partial charge < -0.3 is 5.32 Å². The Morgan fingerprint density at radius 2 is 1.94 bits per heavy atom. The summed E-state index contributed by atoms with van der Waals surface area (Å²) in [6.07, 6.45) is -0.0291. The summed E-state index contributed by atoms with van der Waals surface area (Å²) in [6, 6.07) is 7.23. The maximum atomic E-state index is 12.9. The lowest BCUT2D eigenvalue weighted by atomic mass is 10.1. The van der Waals surface area contributed by atoms with Gasteiger partial charge in [-0.15, -0.1) is 11.8 Å². The van der Waals surface area contributed by atoms with Gasteiger partial charge >= 0.3 is 6.18 Å². The van der Waals surface area contributed by atoms with Crippen LogP contribution in [0.4, 0.5) is 18.9 Å². The molecule has 0 radical (unpaired) electrons. The Kier molecular flexibility index (Phi) is 8.73. The molecule has 0 aliphatic carbocycles. The second kappa shape index (κ2) is 10.9. The summed E-state index contributed by atoms with van der Waals surface area (Å²) in [7, 11) is -3.39. The Balaban J connectivity index is 2.06. The lowest BCUT2D eigenvalue weighted by Gasteiger charge is -2.11. The van der Waals surface area contributed by atoms with Crippen molar-refractivity contribution in [1.29, 1.82) is 0 Å². The minimum atomic E-state index is -4.54. The smallest absolute Gasteiger partial charge is 0.348 e. The van der Waals surface area contributed by atoms with Crippen LogP contribution in [0.2, 0.25) is 0 Å². The monoisotopic (exact) mass is 487 g/mol. The number of nitrogens with one attached hydrogen (secondary N) is 2. The van der Waals surface area contributed by atoms with Crippen molar-refractivity contribution in [2.24, 2.45) is 0 Å². The number of hydrogen-bond donors (Lipinski definition) is 2. The van der Waals surface area contributed by atoms with Crippen molar-refractivity contribution in [2.45, 2.75) is 38.0 Å². The van der Waals surface area contributed by atoms with E-state index in [1.807, 2.05) is 6.92 Å². The van der Waals surface area contributed by atoms with Crippen molar-refractivity contribution in [3.63, 3.8) is 0 Å². The van der Waals surface area contributed by atoms with Crippen LogP contribution in [0.25, 0.3) is 6.08 Å². The molecule has 0 bridgehead atoms. The molecule has 0 atom stereocenters. The van der Waals surface area contributed by atoms with E-state index in [1.165, 1.54) is 30.0 Å². The first-order valence-electron chi connectivity index (χ1n) is 9.63. The number of benzene rings is 1. The van der Waals surface area contributed by atoms with Crippen LogP contribution in [0, 0.1) is 6.92 Å². The summed E-state index contributed by atoms with van der Waals surface area (Å²) in [5.41, 5.74) is 1.37. The maximum Gasteiger partial charge on any atom is 0.433 e. The third-order valence-corrected chi connectivity index (χ3v) is 5.89. The molecule has 1 aromatic heterocycles. The van der Waals surface area contributed by atoms with Crippen molar-refractivity contribution in [3.05, 3.63) is 58.8 Å². The molecule has 32 heavy (non-hydrogen) atoms. The van der Waals surface area contributed by atoms with Crippen LogP contribution in [0.5, 0.6) is 0 Å². The quantitative estimate of drug-likeness (QED) is 0.398. The van der Waals surface area contributed by atoms with Crippen LogP contribution in [0.3, 0.4) is 0 Å². The number of hydrogen-bond acceptors (Lipinski definition) is 5. The van der Waals surface area contributed by atoms with E-state index < -0.39 is 27.8 Å². The molecule has 2 N–H and O–H groups in total. The number of halogens is 3. The van der Waals surface area contributed by atoms with E-state index in [-0.39, 0.29) is 11.6 Å². The summed E-state index contributed by atoms with van der Waals surface area (Å²) >= 11 is 1.20. The Bertz CT molecular complexity index is 1100. The largest absolute Gasteiger partial charge is 0.433 e. The third-order valence-electron chi connectivity index (χ3n) is 4.09. The highest BCUT2D eigenvalue weighted by atomic mass is 32.2. The molecular formula is C21H24F3N3O3S2. The molecular weight excluding hydrogens is 463 g/mol. The minimum Gasteiger partial charge on any atom is -0.348 e. The number of aryl methyl sites for hydroxylation is 1. The maximum absolute atomic E-state index is 12.9. The second-order valence-corrected chi connectivity index (χ2v) is 9.84. The zero-order valence-corrected chi connectivity index (χ0v) is 19.4. The van der Waals surface area contributed by atoms with Gasteiger partial charge in [0.25, 0.3) is 0 Å². The van der Waals surface area contributed by atoms with Gasteiger partial charge in [-0.2, -0.15) is 13.2 Å². The van der Waals surface area contributed by atoms with E-state index >= 15 is 0 Å². The summed E-state index contributed by atoms with van der Waals surface area (Å²) in [5, 5.41) is 2.91. The third kappa shape index (κ3) is 8.19. The van der Waals surface area contributed by atoms with E-state index in [1.54, 1.807) is 25.1 Å². The van der Waals surface area contributed by atoms with E-state index in [0.29, 0.717) is 22.6 Å². The normalized spacial score (nSPS) is 12.2. The minimum absolute atomic E-state index is 0.200. The Morgan fingerprint density at radius 3 is 2.53 bits per heavy atom. The molecule has 0 aliphatic rings. The first-order chi connectivity index (χ1) is 14.9. The highest BCUT2D eigenvalue weighted by Gasteiger charge is 2.32. The Labute approximate surface area is 189 Å². The molecule has 0 spiro atoms. The van der Waals surface area contributed by atoms with Gasteiger partial charge in [0.05, 0.1) is 11.9 Å². The summed E-state index contributed by atoms with van der Waals surface area (Å²) < 4.78 is 63.9. The molecule has 1 heterocycles. The fourth-order valence-electron chi connectivity index (χ4n) is 2.61. The number of carbonyl (C=O) groups is 1. The summed E-state index contributed by atoms with van der Waals surface area (Å²) in [4.78, 5) is 15.9. The van der Waals surface area contributed by atoms with Gasteiger partial charge in [0, 0.05) is 18.2 Å². The first-order valence-corrected chi connectivity index (χ1v) is 12.5. The second-order valence-electron chi connectivity index (χ2n) is 7.01. The first kappa shape index (κ1) is 25.7. The average Bonchev–Trinajstić information content (AvgIpc) is 2.69. The fraction of sp³-hybridized carbons (Fsp3) is 0.333. The number of thioether (sulfide) groups is 1. The number of aromatic nitrogens is 1. The number of alkyl halides is 3. The number of anilines is 1. The molecule has 6 nitrogen and oxygen atoms in total. The molecule has 0 aliphatic heterocycles. The summed E-state index contributed by atoms with van der Waals surface area (Å²) in [6.45, 7) is 3.85. The van der Waals surface area contributed by atoms with E-state index in [2.05, 4.69) is 15.0 Å². The van der Waals surface area contributed by atoms with Gasteiger partial charge in [0.15, 0.2) is 0 Å². The van der Waals surface area contributed by atoms with Crippen molar-refractivity contribution >= 4 is 39.5 Å². The highest BCUT2D eigenvalue weighted by Crippen LogP contribution is 2.31. The predicted molar refractivity (Wildman–Crippen MR) is 121 cm³/mol. The van der Waals surface area contributed by atoms with Crippen LogP contribution in [-0.4, -0.2) is 31.3 Å². The van der Waals surface area contributed by atoms with E-state index in [4.69, 9.17) is 0 Å². The van der Waals surface area contributed by atoms with Crippen LogP contribution >= 0.6 is 11.8 Å². The number of nitrogens with zero attached hydrogens (tertiary/aromatic N) is 1. The van der Waals surface area contributed by atoms with Gasteiger partial charge in [0.1, 0.15) is 10.7 Å². The molecule has 2 rings (SSSR count). The van der Waals surface area contributed by atoms with Gasteiger partial charge in [-0.3, -0.25) is 9.52 Å². The summed E-state index contributed by atoms with van der Waals surface area (Å²) in [5.74, 6) is 0.178. The van der Waals surface area contributed by atoms with Crippen molar-refractivity contribution in [3.8, 4) is 0 Å². The number of rotatable bonds is 9. The lowest BCUT2D eigenvalue weighted by Crippen LogP contribution is -2.20. The van der Waals surface area contributed by atoms with E-state index in [9.17, 15) is 26.4 Å². The van der Waals surface area contributed by atoms with Crippen LogP contribution < -0.4 is 10.0 Å². The zero-order valence-electron chi connectivity index (χ0n) is 17.8. The van der Waals surface area contributed by atoms with Crippen LogP contribution in [0.1, 0.15) is 35.7 Å². The molecule has 174 valence electrons. The van der Waals surface area contributed by atoms with Gasteiger partial charge in [-0.1, -0.05) is 25.1 Å². The zero-order chi connectivity index (χ0) is 23.9.